The minimum atomic E-state index is 0.0920. The second-order valence-electron chi connectivity index (χ2n) is 5.45. The van der Waals surface area contributed by atoms with Gasteiger partial charge in [-0.15, -0.1) is 0 Å². The van der Waals surface area contributed by atoms with Gasteiger partial charge in [0.05, 0.1) is 0 Å². The Kier molecular flexibility index (Phi) is 3.34. The Balaban J connectivity index is 1.73. The van der Waals surface area contributed by atoms with Gasteiger partial charge in [0.15, 0.2) is 0 Å². The zero-order valence-corrected chi connectivity index (χ0v) is 11.8. The van der Waals surface area contributed by atoms with Crippen LogP contribution < -0.4 is 5.73 Å². The van der Waals surface area contributed by atoms with Crippen molar-refractivity contribution < 1.29 is 0 Å². The van der Waals surface area contributed by atoms with Crippen LogP contribution in [-0.2, 0) is 6.42 Å². The van der Waals surface area contributed by atoms with Crippen molar-refractivity contribution in [2.45, 2.75) is 31.7 Å². The molecule has 2 aromatic carbocycles. The summed E-state index contributed by atoms with van der Waals surface area (Å²) in [6.45, 7) is 2.03. The van der Waals surface area contributed by atoms with E-state index in [-0.39, 0.29) is 6.04 Å². The van der Waals surface area contributed by atoms with E-state index in [2.05, 4.69) is 30.3 Å². The summed E-state index contributed by atoms with van der Waals surface area (Å²) in [5.74, 6) is 0.613. The molecule has 1 aliphatic carbocycles. The zero-order chi connectivity index (χ0) is 13.4. The van der Waals surface area contributed by atoms with Gasteiger partial charge in [-0.3, -0.25) is 0 Å². The molecule has 0 saturated carbocycles. The molecule has 2 heteroatoms. The van der Waals surface area contributed by atoms with Crippen LogP contribution in [0, 0.1) is 6.92 Å². The Morgan fingerprint density at radius 1 is 1.26 bits per heavy atom. The standard InChI is InChI=1S/C17H18ClN/c1-11-8-13(6-7-16(11)18)17(19)10-14-9-12-4-2-3-5-15(12)14/h2-8,14,17H,9-10,19H2,1H3. The highest BCUT2D eigenvalue weighted by Gasteiger charge is 2.27. The van der Waals surface area contributed by atoms with Crippen molar-refractivity contribution >= 4 is 11.6 Å². The molecular formula is C17H18ClN. The van der Waals surface area contributed by atoms with Crippen LogP contribution in [0.5, 0.6) is 0 Å². The lowest BCUT2D eigenvalue weighted by molar-refractivity contribution is 0.498. The van der Waals surface area contributed by atoms with Crippen LogP contribution in [0.25, 0.3) is 0 Å². The van der Waals surface area contributed by atoms with Gasteiger partial charge in [-0.2, -0.15) is 0 Å². The molecule has 0 aliphatic heterocycles. The maximum Gasteiger partial charge on any atom is 0.0435 e. The lowest BCUT2D eigenvalue weighted by Gasteiger charge is -2.32. The molecule has 2 atom stereocenters. The summed E-state index contributed by atoms with van der Waals surface area (Å²) in [6.07, 6.45) is 2.18. The Hall–Kier alpha value is -1.31. The third-order valence-corrected chi connectivity index (χ3v) is 4.53. The minimum absolute atomic E-state index is 0.0920. The first-order valence-corrected chi connectivity index (χ1v) is 7.12. The van der Waals surface area contributed by atoms with Crippen molar-refractivity contribution in [3.05, 3.63) is 69.7 Å². The van der Waals surface area contributed by atoms with Gasteiger partial charge in [-0.05, 0) is 54.0 Å². The van der Waals surface area contributed by atoms with Crippen LogP contribution in [0.2, 0.25) is 5.02 Å². The molecule has 0 heterocycles. The summed E-state index contributed by atoms with van der Waals surface area (Å²) in [4.78, 5) is 0. The molecule has 2 aromatic rings. The van der Waals surface area contributed by atoms with E-state index < -0.39 is 0 Å². The van der Waals surface area contributed by atoms with Gasteiger partial charge >= 0.3 is 0 Å². The van der Waals surface area contributed by atoms with Crippen molar-refractivity contribution in [2.75, 3.05) is 0 Å². The highest BCUT2D eigenvalue weighted by molar-refractivity contribution is 6.31. The van der Waals surface area contributed by atoms with Crippen LogP contribution in [0.15, 0.2) is 42.5 Å². The van der Waals surface area contributed by atoms with Gasteiger partial charge in [0.2, 0.25) is 0 Å². The number of fused-ring (bicyclic) bond motifs is 1. The molecule has 0 fully saturated rings. The molecule has 2 unspecified atom stereocenters. The topological polar surface area (TPSA) is 26.0 Å². The fourth-order valence-corrected chi connectivity index (χ4v) is 3.03. The number of benzene rings is 2. The lowest BCUT2D eigenvalue weighted by atomic mass is 9.74. The number of hydrogen-bond acceptors (Lipinski definition) is 1. The fourth-order valence-electron chi connectivity index (χ4n) is 2.91. The molecule has 98 valence electrons. The second-order valence-corrected chi connectivity index (χ2v) is 5.86. The van der Waals surface area contributed by atoms with Gasteiger partial charge in [0, 0.05) is 11.1 Å². The Labute approximate surface area is 119 Å². The average Bonchev–Trinajstić information content (AvgIpc) is 2.39. The van der Waals surface area contributed by atoms with Gasteiger partial charge in [0.25, 0.3) is 0 Å². The summed E-state index contributed by atoms with van der Waals surface area (Å²) in [7, 11) is 0. The predicted molar refractivity (Wildman–Crippen MR) is 80.6 cm³/mol. The molecule has 1 nitrogen and oxygen atoms in total. The Morgan fingerprint density at radius 2 is 2.05 bits per heavy atom. The summed E-state index contributed by atoms with van der Waals surface area (Å²) in [6, 6.07) is 14.9. The monoisotopic (exact) mass is 271 g/mol. The van der Waals surface area contributed by atoms with E-state index in [1.165, 1.54) is 16.7 Å². The quantitative estimate of drug-likeness (QED) is 0.881. The van der Waals surface area contributed by atoms with Crippen molar-refractivity contribution in [1.29, 1.82) is 0 Å². The normalized spacial score (nSPS) is 18.6. The molecule has 0 radical (unpaired) electrons. The first kappa shape index (κ1) is 12.7. The fraction of sp³-hybridized carbons (Fsp3) is 0.294. The van der Waals surface area contributed by atoms with E-state index in [0.717, 1.165) is 23.4 Å². The van der Waals surface area contributed by atoms with Crippen molar-refractivity contribution in [1.82, 2.24) is 0 Å². The molecule has 0 aromatic heterocycles. The third-order valence-electron chi connectivity index (χ3n) is 4.11. The number of halogens is 1. The van der Waals surface area contributed by atoms with E-state index in [9.17, 15) is 0 Å². The van der Waals surface area contributed by atoms with E-state index in [4.69, 9.17) is 17.3 Å². The van der Waals surface area contributed by atoms with E-state index >= 15 is 0 Å². The van der Waals surface area contributed by atoms with Crippen molar-refractivity contribution in [3.63, 3.8) is 0 Å². The van der Waals surface area contributed by atoms with E-state index in [1.807, 2.05) is 19.1 Å². The zero-order valence-electron chi connectivity index (χ0n) is 11.1. The average molecular weight is 272 g/mol. The number of rotatable bonds is 3. The summed E-state index contributed by atoms with van der Waals surface area (Å²) in [5.41, 5.74) is 11.6. The highest BCUT2D eigenvalue weighted by Crippen LogP contribution is 2.40. The molecule has 3 rings (SSSR count). The number of aryl methyl sites for hydroxylation is 1. The predicted octanol–water partition coefficient (Wildman–Crippen LogP) is 4.38. The van der Waals surface area contributed by atoms with Crippen molar-refractivity contribution in [3.8, 4) is 0 Å². The SMILES string of the molecule is Cc1cc(C(N)CC2Cc3ccccc32)ccc1Cl. The second kappa shape index (κ2) is 4.99. The van der Waals surface area contributed by atoms with Gasteiger partial charge in [0.1, 0.15) is 0 Å². The maximum absolute atomic E-state index is 6.34. The molecule has 0 spiro atoms. The van der Waals surface area contributed by atoms with Gasteiger partial charge in [-0.1, -0.05) is 48.0 Å². The lowest BCUT2D eigenvalue weighted by Crippen LogP contribution is -2.22. The van der Waals surface area contributed by atoms with E-state index in [0.29, 0.717) is 5.92 Å². The number of nitrogens with two attached hydrogens (primary N) is 1. The van der Waals surface area contributed by atoms with E-state index in [1.54, 1.807) is 0 Å². The first-order chi connectivity index (χ1) is 9.15. The van der Waals surface area contributed by atoms with Crippen LogP contribution in [0.1, 0.15) is 40.6 Å². The molecular weight excluding hydrogens is 254 g/mol. The van der Waals surface area contributed by atoms with Crippen LogP contribution in [0.4, 0.5) is 0 Å². The Morgan fingerprint density at radius 3 is 2.79 bits per heavy atom. The summed E-state index contributed by atoms with van der Waals surface area (Å²) in [5, 5.41) is 0.810. The smallest absolute Gasteiger partial charge is 0.0435 e. The largest absolute Gasteiger partial charge is 0.324 e. The first-order valence-electron chi connectivity index (χ1n) is 6.74. The van der Waals surface area contributed by atoms with Crippen LogP contribution in [-0.4, -0.2) is 0 Å². The minimum Gasteiger partial charge on any atom is -0.324 e. The highest BCUT2D eigenvalue weighted by atomic mass is 35.5. The Bertz CT molecular complexity index is 606. The maximum atomic E-state index is 6.34. The molecule has 0 saturated heterocycles. The molecule has 0 bridgehead atoms. The van der Waals surface area contributed by atoms with Crippen LogP contribution in [0.3, 0.4) is 0 Å². The van der Waals surface area contributed by atoms with Crippen LogP contribution >= 0.6 is 11.6 Å². The molecule has 1 aliphatic rings. The number of hydrogen-bond donors (Lipinski definition) is 1. The van der Waals surface area contributed by atoms with Gasteiger partial charge in [-0.25, -0.2) is 0 Å². The third kappa shape index (κ3) is 2.41. The molecule has 2 N–H and O–H groups in total. The summed E-state index contributed by atoms with van der Waals surface area (Å²) < 4.78 is 0. The van der Waals surface area contributed by atoms with Crippen molar-refractivity contribution in [2.24, 2.45) is 5.73 Å². The summed E-state index contributed by atoms with van der Waals surface area (Å²) >= 11 is 6.06. The molecule has 0 amide bonds. The molecule has 19 heavy (non-hydrogen) atoms. The van der Waals surface area contributed by atoms with Gasteiger partial charge < -0.3 is 5.73 Å².